The van der Waals surface area contributed by atoms with E-state index in [4.69, 9.17) is 20.6 Å². The normalized spacial score (nSPS) is 19.8. The zero-order chi connectivity index (χ0) is 31.4. The van der Waals surface area contributed by atoms with Crippen LogP contribution in [-0.2, 0) is 25.0 Å². The Morgan fingerprint density at radius 1 is 1.14 bits per heavy atom. The molecule has 0 bridgehead atoms. The van der Waals surface area contributed by atoms with Crippen LogP contribution in [0.25, 0.3) is 11.1 Å². The molecule has 1 unspecified atom stereocenters. The zero-order valence-corrected chi connectivity index (χ0v) is 24.9. The van der Waals surface area contributed by atoms with Crippen LogP contribution in [0, 0.1) is 12.3 Å². The van der Waals surface area contributed by atoms with E-state index >= 15 is 8.78 Å². The molecule has 44 heavy (non-hydrogen) atoms. The second-order valence-electron chi connectivity index (χ2n) is 11.2. The number of nitrogens with two attached hydrogens (primary N) is 1. The zero-order valence-electron chi connectivity index (χ0n) is 24.0. The summed E-state index contributed by atoms with van der Waals surface area (Å²) < 4.78 is 41.8. The largest absolute Gasteiger partial charge is 0.384 e. The maximum atomic E-state index is 15.1. The highest BCUT2D eigenvalue weighted by Gasteiger charge is 2.52. The molecule has 6 rings (SSSR count). The minimum atomic E-state index is -3.18. The van der Waals surface area contributed by atoms with Crippen molar-refractivity contribution < 1.29 is 32.6 Å². The van der Waals surface area contributed by atoms with Crippen molar-refractivity contribution in [2.75, 3.05) is 26.3 Å². The molecule has 13 heteroatoms. The Morgan fingerprint density at radius 2 is 1.86 bits per heavy atom. The first-order valence-electron chi connectivity index (χ1n) is 14.1. The van der Waals surface area contributed by atoms with Crippen molar-refractivity contribution >= 4 is 34.9 Å². The number of thiophene rings is 1. The predicted octanol–water partition coefficient (Wildman–Crippen LogP) is 3.41. The van der Waals surface area contributed by atoms with Gasteiger partial charge in [0.05, 0.1) is 32.3 Å². The molecule has 3 aliphatic rings. The van der Waals surface area contributed by atoms with Gasteiger partial charge in [-0.25, -0.2) is 0 Å². The van der Waals surface area contributed by atoms with E-state index in [9.17, 15) is 14.4 Å². The standard InChI is InChI=1S/C31H31F2N5O5S/c1-16-9-23-21(19-5-3-4-6-22(19)31(23,32)33)11-20(16)28(40)36-13-26(39)38-15-30(42-7-8-43-30)12-24(38)29(41)37-17(2)25-10-18(14-44-25)27(34)35/h3-6,9-11,14,17,24H,7-8,12-13,15H2,1-2H3,(H3,34,35)(H,36,40)(H,37,41)/t17-,24?/m1/s1. The van der Waals surface area contributed by atoms with Crippen molar-refractivity contribution in [3.8, 4) is 11.1 Å². The van der Waals surface area contributed by atoms with Gasteiger partial charge >= 0.3 is 0 Å². The topological polar surface area (TPSA) is 147 Å². The number of aryl methyl sites for hydroxylation is 1. The van der Waals surface area contributed by atoms with Crippen molar-refractivity contribution in [2.45, 2.75) is 44.1 Å². The quantitative estimate of drug-likeness (QED) is 0.234. The number of carbonyl (C=O) groups is 3. The van der Waals surface area contributed by atoms with E-state index in [1.165, 1.54) is 34.4 Å². The van der Waals surface area contributed by atoms with Crippen molar-refractivity contribution in [2.24, 2.45) is 5.73 Å². The fourth-order valence-electron chi connectivity index (χ4n) is 6.07. The Labute approximate surface area is 256 Å². The monoisotopic (exact) mass is 623 g/mol. The van der Waals surface area contributed by atoms with Gasteiger partial charge in [0.15, 0.2) is 5.79 Å². The number of rotatable bonds is 7. The van der Waals surface area contributed by atoms with E-state index in [1.807, 2.05) is 0 Å². The van der Waals surface area contributed by atoms with Gasteiger partial charge in [-0.1, -0.05) is 24.3 Å². The van der Waals surface area contributed by atoms with Crippen LogP contribution in [0.2, 0.25) is 0 Å². The van der Waals surface area contributed by atoms with Gasteiger partial charge in [0, 0.05) is 38.9 Å². The number of hydrogen-bond acceptors (Lipinski definition) is 7. The molecule has 3 heterocycles. The third-order valence-electron chi connectivity index (χ3n) is 8.35. The van der Waals surface area contributed by atoms with Crippen LogP contribution in [0.4, 0.5) is 8.78 Å². The molecule has 5 N–H and O–H groups in total. The summed E-state index contributed by atoms with van der Waals surface area (Å²) in [5.41, 5.74) is 7.01. The maximum Gasteiger partial charge on any atom is 0.299 e. The van der Waals surface area contributed by atoms with E-state index in [0.717, 1.165) is 4.88 Å². The first-order valence-corrected chi connectivity index (χ1v) is 15.0. The summed E-state index contributed by atoms with van der Waals surface area (Å²) in [7, 11) is 0. The number of fused-ring (bicyclic) bond motifs is 3. The summed E-state index contributed by atoms with van der Waals surface area (Å²) >= 11 is 1.36. The highest BCUT2D eigenvalue weighted by Crippen LogP contribution is 2.51. The maximum absolute atomic E-state index is 15.1. The molecule has 2 saturated heterocycles. The molecule has 1 aliphatic carbocycles. The highest BCUT2D eigenvalue weighted by molar-refractivity contribution is 7.10. The molecule has 230 valence electrons. The number of nitrogen functional groups attached to an aromatic ring is 1. The summed E-state index contributed by atoms with van der Waals surface area (Å²) in [5, 5.41) is 14.9. The molecular formula is C31H31F2N5O5S. The lowest BCUT2D eigenvalue weighted by atomic mass is 9.97. The van der Waals surface area contributed by atoms with Crippen LogP contribution in [0.5, 0.6) is 0 Å². The molecule has 2 fully saturated rings. The van der Waals surface area contributed by atoms with Crippen LogP contribution >= 0.6 is 11.3 Å². The Balaban J connectivity index is 1.17. The summed E-state index contributed by atoms with van der Waals surface area (Å²) in [6.45, 7) is 3.60. The number of nitrogens with zero attached hydrogens (tertiary/aromatic N) is 1. The van der Waals surface area contributed by atoms with Gasteiger partial charge in [-0.15, -0.1) is 11.3 Å². The molecule has 0 saturated carbocycles. The van der Waals surface area contributed by atoms with Gasteiger partial charge in [0.1, 0.15) is 11.9 Å². The molecule has 10 nitrogen and oxygen atoms in total. The van der Waals surface area contributed by atoms with E-state index in [1.54, 1.807) is 43.5 Å². The van der Waals surface area contributed by atoms with Crippen molar-refractivity contribution in [1.82, 2.24) is 15.5 Å². The summed E-state index contributed by atoms with van der Waals surface area (Å²) in [6, 6.07) is 9.34. The average Bonchev–Trinajstić information content (AvgIpc) is 3.79. The molecule has 3 aromatic rings. The van der Waals surface area contributed by atoms with E-state index < -0.39 is 48.1 Å². The number of benzene rings is 2. The van der Waals surface area contributed by atoms with Crippen LogP contribution in [0.3, 0.4) is 0 Å². The molecule has 1 spiro atoms. The third-order valence-corrected chi connectivity index (χ3v) is 9.46. The summed E-state index contributed by atoms with van der Waals surface area (Å²) in [6.07, 6.45) is 0.117. The lowest BCUT2D eigenvalue weighted by Gasteiger charge is -2.25. The number of amidine groups is 1. The highest BCUT2D eigenvalue weighted by atomic mass is 32.1. The second kappa shape index (κ2) is 11.1. The Hall–Kier alpha value is -4.20. The number of carbonyl (C=O) groups excluding carboxylic acids is 3. The first kappa shape index (κ1) is 29.9. The SMILES string of the molecule is Cc1cc2c(cc1C(=O)NCC(=O)N1CC3(CC1C(=O)N[C@H](C)c1cc(C(=N)N)cs1)OCCO3)-c1ccccc1C2(F)F. The van der Waals surface area contributed by atoms with Gasteiger partial charge in [-0.3, -0.25) is 19.8 Å². The fraction of sp³-hybridized carbons (Fsp3) is 0.355. The van der Waals surface area contributed by atoms with Gasteiger partial charge in [-0.2, -0.15) is 8.78 Å². The van der Waals surface area contributed by atoms with Crippen LogP contribution in [0.1, 0.15) is 56.9 Å². The molecule has 2 aliphatic heterocycles. The Kier molecular flexibility index (Phi) is 7.50. The smallest absolute Gasteiger partial charge is 0.299 e. The first-order chi connectivity index (χ1) is 20.9. The van der Waals surface area contributed by atoms with Crippen molar-refractivity contribution in [3.63, 3.8) is 0 Å². The van der Waals surface area contributed by atoms with Crippen LogP contribution < -0.4 is 16.4 Å². The van der Waals surface area contributed by atoms with E-state index in [0.29, 0.717) is 29.9 Å². The lowest BCUT2D eigenvalue weighted by Crippen LogP contribution is -2.49. The van der Waals surface area contributed by atoms with Crippen molar-refractivity contribution in [3.05, 3.63) is 80.5 Å². The number of alkyl halides is 2. The predicted molar refractivity (Wildman–Crippen MR) is 159 cm³/mol. The number of hydrogen-bond donors (Lipinski definition) is 4. The number of likely N-dealkylation sites (tertiary alicyclic amines) is 1. The second-order valence-corrected chi connectivity index (χ2v) is 12.2. The summed E-state index contributed by atoms with van der Waals surface area (Å²) in [5.74, 6) is -5.90. The van der Waals surface area contributed by atoms with Crippen molar-refractivity contribution in [1.29, 1.82) is 5.41 Å². The molecule has 2 atom stereocenters. The minimum Gasteiger partial charge on any atom is -0.384 e. The molecule has 0 radical (unpaired) electrons. The number of amides is 3. The van der Waals surface area contributed by atoms with Gasteiger partial charge in [0.25, 0.3) is 11.8 Å². The number of halogens is 2. The van der Waals surface area contributed by atoms with Gasteiger partial charge < -0.3 is 30.7 Å². The molecular weight excluding hydrogens is 592 g/mol. The Morgan fingerprint density at radius 3 is 2.57 bits per heavy atom. The number of nitrogens with one attached hydrogen (secondary N) is 3. The van der Waals surface area contributed by atoms with E-state index in [2.05, 4.69) is 10.6 Å². The molecule has 1 aromatic heterocycles. The molecule has 2 aromatic carbocycles. The summed E-state index contributed by atoms with van der Waals surface area (Å²) in [4.78, 5) is 42.3. The fourth-order valence-corrected chi connectivity index (χ4v) is 6.98. The van der Waals surface area contributed by atoms with Gasteiger partial charge in [0.2, 0.25) is 11.8 Å². The third kappa shape index (κ3) is 5.14. The van der Waals surface area contributed by atoms with Crippen LogP contribution in [0.15, 0.2) is 47.8 Å². The van der Waals surface area contributed by atoms with E-state index in [-0.39, 0.29) is 41.1 Å². The number of ether oxygens (including phenoxy) is 2. The minimum absolute atomic E-state index is 0.00535. The lowest BCUT2D eigenvalue weighted by molar-refractivity contribution is -0.152. The average molecular weight is 624 g/mol. The Bertz CT molecular complexity index is 1690. The van der Waals surface area contributed by atoms with Gasteiger partial charge in [-0.05, 0) is 48.7 Å². The van der Waals surface area contributed by atoms with Crippen LogP contribution in [-0.4, -0.2) is 66.6 Å². The molecule has 3 amide bonds.